The van der Waals surface area contributed by atoms with Crippen LogP contribution in [0.1, 0.15) is 11.4 Å². The van der Waals surface area contributed by atoms with Crippen molar-refractivity contribution in [2.75, 3.05) is 13.0 Å². The van der Waals surface area contributed by atoms with Crippen molar-refractivity contribution in [2.24, 2.45) is 0 Å². The number of nitrogens with zero attached hydrogens (tertiary/aromatic N) is 3. The zero-order valence-electron chi connectivity index (χ0n) is 10.1. The van der Waals surface area contributed by atoms with Crippen LogP contribution in [0.4, 0.5) is 0 Å². The zero-order chi connectivity index (χ0) is 13.1. The lowest BCUT2D eigenvalue weighted by molar-refractivity contribution is 0.415. The van der Waals surface area contributed by atoms with Crippen molar-refractivity contribution < 1.29 is 4.74 Å². The SMILES string of the molecule is COc1ccc(CSc2nnc(C)n2N)cc1Cl. The standard InChI is InChI=1S/C11H13ClN4OS/c1-7-14-15-11(16(7)13)18-6-8-3-4-10(17-2)9(12)5-8/h3-5H,6,13H2,1-2H3. The summed E-state index contributed by atoms with van der Waals surface area (Å²) < 4.78 is 6.57. The molecular weight excluding hydrogens is 272 g/mol. The highest BCUT2D eigenvalue weighted by atomic mass is 35.5. The summed E-state index contributed by atoms with van der Waals surface area (Å²) in [6.45, 7) is 1.81. The van der Waals surface area contributed by atoms with Gasteiger partial charge in [-0.25, -0.2) is 4.68 Å². The second kappa shape index (κ2) is 5.49. The first-order valence-electron chi connectivity index (χ1n) is 5.24. The van der Waals surface area contributed by atoms with Crippen molar-refractivity contribution in [2.45, 2.75) is 17.8 Å². The fourth-order valence-corrected chi connectivity index (χ4v) is 2.52. The maximum atomic E-state index is 6.05. The molecule has 0 aliphatic rings. The molecule has 7 heteroatoms. The summed E-state index contributed by atoms with van der Waals surface area (Å²) in [5.41, 5.74) is 1.08. The largest absolute Gasteiger partial charge is 0.495 e. The van der Waals surface area contributed by atoms with E-state index in [1.54, 1.807) is 14.0 Å². The molecule has 0 amide bonds. The Kier molecular flexibility index (Phi) is 3.98. The van der Waals surface area contributed by atoms with E-state index in [2.05, 4.69) is 10.2 Å². The average molecular weight is 285 g/mol. The minimum atomic E-state index is 0.598. The van der Waals surface area contributed by atoms with Crippen molar-refractivity contribution in [3.8, 4) is 5.75 Å². The van der Waals surface area contributed by atoms with E-state index in [1.165, 1.54) is 16.4 Å². The van der Waals surface area contributed by atoms with Gasteiger partial charge in [0.05, 0.1) is 12.1 Å². The van der Waals surface area contributed by atoms with E-state index in [4.69, 9.17) is 22.2 Å². The molecule has 0 aliphatic carbocycles. The average Bonchev–Trinajstić information content (AvgIpc) is 2.68. The number of benzene rings is 1. The van der Waals surface area contributed by atoms with E-state index in [0.29, 0.717) is 21.8 Å². The Morgan fingerprint density at radius 1 is 1.44 bits per heavy atom. The summed E-state index contributed by atoms with van der Waals surface area (Å²) in [4.78, 5) is 0. The number of methoxy groups -OCH3 is 1. The summed E-state index contributed by atoms with van der Waals surface area (Å²) in [5.74, 6) is 7.84. The third kappa shape index (κ3) is 2.70. The van der Waals surface area contributed by atoms with Crippen LogP contribution in [0.25, 0.3) is 0 Å². The number of hydrogen-bond acceptors (Lipinski definition) is 5. The molecule has 0 atom stereocenters. The molecule has 1 aromatic carbocycles. The monoisotopic (exact) mass is 284 g/mol. The summed E-state index contributed by atoms with van der Waals surface area (Å²) in [7, 11) is 1.59. The zero-order valence-corrected chi connectivity index (χ0v) is 11.6. The van der Waals surface area contributed by atoms with E-state index in [9.17, 15) is 0 Å². The van der Waals surface area contributed by atoms with Gasteiger partial charge < -0.3 is 10.6 Å². The van der Waals surface area contributed by atoms with Gasteiger partial charge >= 0.3 is 0 Å². The highest BCUT2D eigenvalue weighted by molar-refractivity contribution is 7.98. The van der Waals surface area contributed by atoms with E-state index < -0.39 is 0 Å². The molecule has 1 aromatic heterocycles. The van der Waals surface area contributed by atoms with Gasteiger partial charge in [-0.3, -0.25) is 0 Å². The van der Waals surface area contributed by atoms with Gasteiger partial charge in [-0.2, -0.15) is 0 Å². The molecule has 1 heterocycles. The van der Waals surface area contributed by atoms with Crippen molar-refractivity contribution >= 4 is 23.4 Å². The number of aromatic nitrogens is 3. The predicted molar refractivity (Wildman–Crippen MR) is 72.5 cm³/mol. The van der Waals surface area contributed by atoms with Gasteiger partial charge in [0.2, 0.25) is 5.16 Å². The van der Waals surface area contributed by atoms with Crippen molar-refractivity contribution in [1.29, 1.82) is 0 Å². The number of nitrogens with two attached hydrogens (primary N) is 1. The van der Waals surface area contributed by atoms with Gasteiger partial charge in [0.15, 0.2) is 0 Å². The number of thioether (sulfide) groups is 1. The topological polar surface area (TPSA) is 66.0 Å². The second-order valence-corrected chi connectivity index (χ2v) is 5.01. The van der Waals surface area contributed by atoms with Gasteiger partial charge in [-0.1, -0.05) is 29.4 Å². The molecule has 0 radical (unpaired) electrons. The third-order valence-electron chi connectivity index (χ3n) is 2.42. The molecule has 18 heavy (non-hydrogen) atoms. The molecule has 0 spiro atoms. The Hall–Kier alpha value is -1.40. The molecule has 2 N–H and O–H groups in total. The van der Waals surface area contributed by atoms with Crippen LogP contribution in [0.15, 0.2) is 23.4 Å². The van der Waals surface area contributed by atoms with Gasteiger partial charge in [0, 0.05) is 5.75 Å². The number of hydrogen-bond donors (Lipinski definition) is 1. The smallest absolute Gasteiger partial charge is 0.210 e. The Balaban J connectivity index is 2.06. The molecule has 2 rings (SSSR count). The van der Waals surface area contributed by atoms with Crippen LogP contribution in [0, 0.1) is 6.92 Å². The van der Waals surface area contributed by atoms with Crippen molar-refractivity contribution in [1.82, 2.24) is 14.9 Å². The minimum absolute atomic E-state index is 0.598. The number of rotatable bonds is 4. The van der Waals surface area contributed by atoms with E-state index >= 15 is 0 Å². The molecule has 0 saturated carbocycles. The first-order valence-corrected chi connectivity index (χ1v) is 6.60. The van der Waals surface area contributed by atoms with Crippen LogP contribution in [-0.2, 0) is 5.75 Å². The molecular formula is C11H13ClN4OS. The van der Waals surface area contributed by atoms with Crippen LogP contribution in [0.2, 0.25) is 5.02 Å². The minimum Gasteiger partial charge on any atom is -0.495 e. The number of aryl methyl sites for hydroxylation is 1. The van der Waals surface area contributed by atoms with Crippen molar-refractivity contribution in [3.05, 3.63) is 34.6 Å². The van der Waals surface area contributed by atoms with Gasteiger partial charge in [0.1, 0.15) is 11.6 Å². The van der Waals surface area contributed by atoms with Gasteiger partial charge in [-0.15, -0.1) is 10.2 Å². The second-order valence-electron chi connectivity index (χ2n) is 3.66. The summed E-state index contributed by atoms with van der Waals surface area (Å²) in [6, 6.07) is 5.68. The summed E-state index contributed by atoms with van der Waals surface area (Å²) in [5, 5.41) is 9.15. The Morgan fingerprint density at radius 3 is 2.78 bits per heavy atom. The quantitative estimate of drug-likeness (QED) is 0.689. The van der Waals surface area contributed by atoms with Crippen LogP contribution in [0.5, 0.6) is 5.75 Å². The highest BCUT2D eigenvalue weighted by Gasteiger charge is 2.08. The Morgan fingerprint density at radius 2 is 2.22 bits per heavy atom. The lowest BCUT2D eigenvalue weighted by atomic mass is 10.2. The number of nitrogen functional groups attached to an aromatic ring is 1. The van der Waals surface area contributed by atoms with Crippen LogP contribution in [0.3, 0.4) is 0 Å². The lowest BCUT2D eigenvalue weighted by Crippen LogP contribution is -2.11. The fourth-order valence-electron chi connectivity index (χ4n) is 1.40. The first kappa shape index (κ1) is 13.0. The molecule has 96 valence electrons. The molecule has 0 unspecified atom stereocenters. The maximum absolute atomic E-state index is 6.05. The molecule has 0 aliphatic heterocycles. The highest BCUT2D eigenvalue weighted by Crippen LogP contribution is 2.28. The van der Waals surface area contributed by atoms with Gasteiger partial charge in [0.25, 0.3) is 0 Å². The lowest BCUT2D eigenvalue weighted by Gasteiger charge is -2.05. The fraction of sp³-hybridized carbons (Fsp3) is 0.273. The Labute approximate surface area is 114 Å². The molecule has 2 aromatic rings. The summed E-state index contributed by atoms with van der Waals surface area (Å²) >= 11 is 7.56. The number of halogens is 1. The summed E-state index contributed by atoms with van der Waals surface area (Å²) in [6.07, 6.45) is 0. The molecule has 0 saturated heterocycles. The molecule has 5 nitrogen and oxygen atoms in total. The molecule has 0 bridgehead atoms. The van der Waals surface area contributed by atoms with Crippen LogP contribution in [-0.4, -0.2) is 22.0 Å². The maximum Gasteiger partial charge on any atom is 0.210 e. The van der Waals surface area contributed by atoms with E-state index in [-0.39, 0.29) is 0 Å². The van der Waals surface area contributed by atoms with E-state index in [0.717, 1.165) is 11.3 Å². The van der Waals surface area contributed by atoms with Gasteiger partial charge in [-0.05, 0) is 24.6 Å². The predicted octanol–water partition coefficient (Wildman–Crippen LogP) is 2.25. The normalized spacial score (nSPS) is 10.6. The Bertz CT molecular complexity index is 558. The van der Waals surface area contributed by atoms with Crippen LogP contribution >= 0.6 is 23.4 Å². The first-order chi connectivity index (χ1) is 8.61. The molecule has 0 fully saturated rings. The van der Waals surface area contributed by atoms with E-state index in [1.807, 2.05) is 18.2 Å². The third-order valence-corrected chi connectivity index (χ3v) is 3.73. The van der Waals surface area contributed by atoms with Crippen molar-refractivity contribution in [3.63, 3.8) is 0 Å². The van der Waals surface area contributed by atoms with Crippen LogP contribution < -0.4 is 10.6 Å². The number of ether oxygens (including phenoxy) is 1.